The molecule has 0 aliphatic heterocycles. The van der Waals surface area contributed by atoms with Gasteiger partial charge in [0.1, 0.15) is 23.2 Å². The van der Waals surface area contributed by atoms with Gasteiger partial charge >= 0.3 is 0 Å². The highest BCUT2D eigenvalue weighted by Gasteiger charge is 2.04. The molecule has 0 saturated heterocycles. The highest BCUT2D eigenvalue weighted by atomic mass is 35.5. The van der Waals surface area contributed by atoms with Gasteiger partial charge in [-0.25, -0.2) is 9.97 Å². The van der Waals surface area contributed by atoms with Gasteiger partial charge in [0.2, 0.25) is 0 Å². The van der Waals surface area contributed by atoms with E-state index in [1.165, 1.54) is 18.0 Å². The lowest BCUT2D eigenvalue weighted by atomic mass is 10.3. The molecule has 108 valence electrons. The summed E-state index contributed by atoms with van der Waals surface area (Å²) in [5.41, 5.74) is 5.92. The van der Waals surface area contributed by atoms with Crippen molar-refractivity contribution < 1.29 is 4.74 Å². The number of nitrogens with zero attached hydrogens (tertiary/aromatic N) is 3. The van der Waals surface area contributed by atoms with Gasteiger partial charge in [0.15, 0.2) is 5.16 Å². The Bertz CT molecular complexity index is 642. The van der Waals surface area contributed by atoms with E-state index in [0.717, 1.165) is 17.9 Å². The van der Waals surface area contributed by atoms with Gasteiger partial charge in [-0.1, -0.05) is 23.4 Å². The minimum atomic E-state index is 0.215. The first-order valence-electron chi connectivity index (χ1n) is 6.23. The number of halogens is 1. The largest absolute Gasteiger partial charge is 0.494 e. The molecule has 0 amide bonds. The van der Waals surface area contributed by atoms with Crippen molar-refractivity contribution in [3.05, 3.63) is 41.0 Å². The molecule has 0 saturated carbocycles. The summed E-state index contributed by atoms with van der Waals surface area (Å²) in [5.74, 6) is 1.81. The lowest BCUT2D eigenvalue weighted by molar-refractivity contribution is 0.318. The van der Waals surface area contributed by atoms with E-state index in [9.17, 15) is 0 Å². The molecular formula is C14H13ClN4OS. The number of anilines is 1. The zero-order chi connectivity index (χ0) is 15.1. The van der Waals surface area contributed by atoms with Crippen LogP contribution in [0.2, 0.25) is 5.02 Å². The molecule has 1 aromatic heterocycles. The van der Waals surface area contributed by atoms with Crippen molar-refractivity contribution in [1.29, 1.82) is 5.26 Å². The normalized spacial score (nSPS) is 10.1. The maximum atomic E-state index is 8.74. The fourth-order valence-corrected chi connectivity index (χ4v) is 2.34. The molecule has 21 heavy (non-hydrogen) atoms. The van der Waals surface area contributed by atoms with Gasteiger partial charge in [-0.15, -0.1) is 0 Å². The van der Waals surface area contributed by atoms with Crippen LogP contribution in [0.5, 0.6) is 5.75 Å². The molecule has 0 fully saturated rings. The average molecular weight is 321 g/mol. The summed E-state index contributed by atoms with van der Waals surface area (Å²) in [5, 5.41) is 10.00. The Balaban J connectivity index is 1.71. The number of hydrogen-bond acceptors (Lipinski definition) is 6. The fraction of sp³-hybridized carbons (Fsp3) is 0.214. The molecule has 1 aromatic carbocycles. The van der Waals surface area contributed by atoms with Gasteiger partial charge in [0.05, 0.1) is 12.8 Å². The van der Waals surface area contributed by atoms with Crippen molar-refractivity contribution in [2.24, 2.45) is 0 Å². The number of nitriles is 1. The Labute approximate surface area is 132 Å². The first-order chi connectivity index (χ1) is 10.2. The molecule has 0 bridgehead atoms. The molecular weight excluding hydrogens is 308 g/mol. The Kier molecular flexibility index (Phi) is 5.67. The monoisotopic (exact) mass is 320 g/mol. The second-order valence-electron chi connectivity index (χ2n) is 4.07. The summed E-state index contributed by atoms with van der Waals surface area (Å²) < 4.78 is 5.58. The maximum Gasteiger partial charge on any atom is 0.189 e. The quantitative estimate of drug-likeness (QED) is 0.500. The molecule has 0 aliphatic carbocycles. The van der Waals surface area contributed by atoms with Crippen molar-refractivity contribution >= 4 is 29.2 Å². The third-order valence-electron chi connectivity index (χ3n) is 2.52. The summed E-state index contributed by atoms with van der Waals surface area (Å²) in [6.45, 7) is 0.598. The van der Waals surface area contributed by atoms with Crippen LogP contribution in [0.25, 0.3) is 0 Å². The van der Waals surface area contributed by atoms with Crippen LogP contribution in [0, 0.1) is 11.3 Å². The standard InChI is InChI=1S/C14H13ClN4OS/c15-11-2-4-12(5-3-11)20-6-1-7-21-14-18-9-10(8-16)13(17)19-14/h2-5,9H,1,6-7H2,(H2,17,18,19). The van der Waals surface area contributed by atoms with Gasteiger partial charge in [0.25, 0.3) is 0 Å². The molecule has 0 spiro atoms. The second kappa shape index (κ2) is 7.72. The van der Waals surface area contributed by atoms with E-state index in [4.69, 9.17) is 27.3 Å². The van der Waals surface area contributed by atoms with Crippen molar-refractivity contribution in [2.75, 3.05) is 18.1 Å². The Morgan fingerprint density at radius 3 is 2.76 bits per heavy atom. The molecule has 1 heterocycles. The van der Waals surface area contributed by atoms with E-state index < -0.39 is 0 Å². The van der Waals surface area contributed by atoms with Crippen LogP contribution < -0.4 is 10.5 Å². The first kappa shape index (κ1) is 15.4. The second-order valence-corrected chi connectivity index (χ2v) is 5.57. The Hall–Kier alpha value is -1.97. The number of thioether (sulfide) groups is 1. The molecule has 7 heteroatoms. The smallest absolute Gasteiger partial charge is 0.189 e. The summed E-state index contributed by atoms with van der Waals surface area (Å²) in [6.07, 6.45) is 2.28. The van der Waals surface area contributed by atoms with Crippen LogP contribution in [0.3, 0.4) is 0 Å². The number of hydrogen-bond donors (Lipinski definition) is 1. The van der Waals surface area contributed by atoms with Crippen molar-refractivity contribution in [3.8, 4) is 11.8 Å². The summed E-state index contributed by atoms with van der Waals surface area (Å²) >= 11 is 7.27. The molecule has 0 aliphatic rings. The van der Waals surface area contributed by atoms with Crippen molar-refractivity contribution in [3.63, 3.8) is 0 Å². The number of benzene rings is 1. The average Bonchev–Trinajstić information content (AvgIpc) is 2.49. The van der Waals surface area contributed by atoms with E-state index in [1.807, 2.05) is 18.2 Å². The summed E-state index contributed by atoms with van der Waals surface area (Å²) in [7, 11) is 0. The highest BCUT2D eigenvalue weighted by Crippen LogP contribution is 2.18. The summed E-state index contributed by atoms with van der Waals surface area (Å²) in [6, 6.07) is 9.18. The molecule has 2 rings (SSSR count). The van der Waals surface area contributed by atoms with Crippen molar-refractivity contribution in [2.45, 2.75) is 11.6 Å². The van der Waals surface area contributed by atoms with Crippen LogP contribution >= 0.6 is 23.4 Å². The third-order valence-corrected chi connectivity index (χ3v) is 3.72. The van der Waals surface area contributed by atoms with Crippen LogP contribution in [0.15, 0.2) is 35.6 Å². The predicted octanol–water partition coefficient (Wildman–Crippen LogP) is 3.15. The van der Waals surface area contributed by atoms with Gasteiger partial charge in [-0.2, -0.15) is 5.26 Å². The number of aromatic nitrogens is 2. The van der Waals surface area contributed by atoms with Crippen LogP contribution in [0.1, 0.15) is 12.0 Å². The lowest BCUT2D eigenvalue weighted by Crippen LogP contribution is -2.01. The molecule has 5 nitrogen and oxygen atoms in total. The lowest BCUT2D eigenvalue weighted by Gasteiger charge is -2.06. The molecule has 0 atom stereocenters. The van der Waals surface area contributed by atoms with E-state index in [-0.39, 0.29) is 5.82 Å². The van der Waals surface area contributed by atoms with E-state index in [1.54, 1.807) is 12.1 Å². The van der Waals surface area contributed by atoms with Gasteiger partial charge in [0, 0.05) is 10.8 Å². The predicted molar refractivity (Wildman–Crippen MR) is 83.4 cm³/mol. The summed E-state index contributed by atoms with van der Waals surface area (Å²) in [4.78, 5) is 8.13. The van der Waals surface area contributed by atoms with Gasteiger partial charge in [-0.05, 0) is 30.7 Å². The highest BCUT2D eigenvalue weighted by molar-refractivity contribution is 7.99. The van der Waals surface area contributed by atoms with E-state index in [2.05, 4.69) is 9.97 Å². The van der Waals surface area contributed by atoms with E-state index in [0.29, 0.717) is 22.3 Å². The number of nitrogens with two attached hydrogens (primary N) is 1. The van der Waals surface area contributed by atoms with E-state index >= 15 is 0 Å². The fourth-order valence-electron chi connectivity index (χ4n) is 1.48. The zero-order valence-electron chi connectivity index (χ0n) is 11.1. The minimum Gasteiger partial charge on any atom is -0.494 e. The topological polar surface area (TPSA) is 84.8 Å². The van der Waals surface area contributed by atoms with Crippen molar-refractivity contribution in [1.82, 2.24) is 9.97 Å². The molecule has 0 unspecified atom stereocenters. The Morgan fingerprint density at radius 1 is 1.33 bits per heavy atom. The van der Waals surface area contributed by atoms with Gasteiger partial charge in [-0.3, -0.25) is 0 Å². The molecule has 2 N–H and O–H groups in total. The zero-order valence-corrected chi connectivity index (χ0v) is 12.7. The van der Waals surface area contributed by atoms with Crippen LogP contribution in [-0.4, -0.2) is 22.3 Å². The van der Waals surface area contributed by atoms with Crippen LogP contribution in [0.4, 0.5) is 5.82 Å². The minimum absolute atomic E-state index is 0.215. The molecule has 2 aromatic rings. The number of nitrogen functional groups attached to an aromatic ring is 1. The maximum absolute atomic E-state index is 8.74. The molecule has 0 radical (unpaired) electrons. The third kappa shape index (κ3) is 4.81. The SMILES string of the molecule is N#Cc1cnc(SCCCOc2ccc(Cl)cc2)nc1N. The van der Waals surface area contributed by atoms with Gasteiger partial charge < -0.3 is 10.5 Å². The Morgan fingerprint density at radius 2 is 2.10 bits per heavy atom. The number of ether oxygens (including phenoxy) is 1. The van der Waals surface area contributed by atoms with Crippen LogP contribution in [-0.2, 0) is 0 Å². The first-order valence-corrected chi connectivity index (χ1v) is 7.59. The number of rotatable bonds is 6.